The molecule has 0 fully saturated rings. The second kappa shape index (κ2) is 23.7. The first-order valence-electron chi connectivity index (χ1n) is 14.1. The van der Waals surface area contributed by atoms with E-state index in [4.69, 9.17) is 0 Å². The zero-order valence-corrected chi connectivity index (χ0v) is 25.3. The Hall–Kier alpha value is -4.83. The van der Waals surface area contributed by atoms with Gasteiger partial charge in [0.25, 0.3) is 0 Å². The molecule has 0 bridgehead atoms. The van der Waals surface area contributed by atoms with Crippen LogP contribution in [0.2, 0.25) is 0 Å². The lowest BCUT2D eigenvalue weighted by Gasteiger charge is -2.21. The van der Waals surface area contributed by atoms with Crippen molar-refractivity contribution in [3.8, 4) is 0 Å². The third kappa shape index (κ3) is 21.0. The van der Waals surface area contributed by atoms with Gasteiger partial charge in [-0.25, -0.2) is 0 Å². The fourth-order valence-electron chi connectivity index (χ4n) is 3.43. The number of carbonyl (C=O) groups excluding carboxylic acids is 9. The molecule has 7 amide bonds. The molecular formula is C27H44N8O9. The van der Waals surface area contributed by atoms with Gasteiger partial charge in [-0.2, -0.15) is 0 Å². The predicted octanol–water partition coefficient (Wildman–Crippen LogP) is -3.58. The number of Topliss-reactive ketones (excluding diaryl/α,β-unsaturated/α-hetero) is 1. The molecule has 0 aromatic rings. The number of nitrogens with one attached hydrogen (secondary N) is 8. The van der Waals surface area contributed by atoms with Gasteiger partial charge in [0, 0.05) is 18.2 Å². The van der Waals surface area contributed by atoms with Crippen molar-refractivity contribution < 1.29 is 43.2 Å². The SMILES string of the molecule is CC/C=C(\CCC(NC=O)C(=O)NCC(=O)NCC(=O)NCC(C)=O)NC(C)CCC(=O)NCC(=O)NCC(=O)NCC=O. The Balaban J connectivity index is 4.58. The maximum absolute atomic E-state index is 12.6. The molecule has 246 valence electrons. The Morgan fingerprint density at radius 1 is 0.659 bits per heavy atom. The summed E-state index contributed by atoms with van der Waals surface area (Å²) in [5, 5.41) is 19.8. The highest BCUT2D eigenvalue weighted by atomic mass is 16.2. The molecule has 17 nitrogen and oxygen atoms in total. The van der Waals surface area contributed by atoms with Crippen LogP contribution in [-0.2, 0) is 43.2 Å². The van der Waals surface area contributed by atoms with E-state index in [0.717, 1.165) is 5.70 Å². The smallest absolute Gasteiger partial charge is 0.243 e. The maximum Gasteiger partial charge on any atom is 0.243 e. The van der Waals surface area contributed by atoms with Gasteiger partial charge in [-0.1, -0.05) is 13.0 Å². The number of carbonyl (C=O) groups is 9. The molecule has 0 saturated carbocycles. The van der Waals surface area contributed by atoms with Crippen molar-refractivity contribution in [2.24, 2.45) is 0 Å². The van der Waals surface area contributed by atoms with E-state index in [2.05, 4.69) is 42.5 Å². The van der Waals surface area contributed by atoms with Gasteiger partial charge < -0.3 is 47.3 Å². The summed E-state index contributed by atoms with van der Waals surface area (Å²) in [5.41, 5.74) is 0.785. The van der Waals surface area contributed by atoms with Gasteiger partial charge in [0.2, 0.25) is 41.9 Å². The van der Waals surface area contributed by atoms with Crippen LogP contribution in [0.4, 0.5) is 0 Å². The summed E-state index contributed by atoms with van der Waals surface area (Å²) in [7, 11) is 0. The number of amides is 7. The van der Waals surface area contributed by atoms with Crippen LogP contribution >= 0.6 is 0 Å². The molecule has 44 heavy (non-hydrogen) atoms. The molecule has 0 saturated heterocycles. The maximum atomic E-state index is 12.6. The van der Waals surface area contributed by atoms with E-state index in [9.17, 15) is 43.2 Å². The van der Waals surface area contributed by atoms with Crippen LogP contribution in [-0.4, -0.2) is 105 Å². The van der Waals surface area contributed by atoms with E-state index in [1.165, 1.54) is 6.92 Å². The van der Waals surface area contributed by atoms with E-state index < -0.39 is 42.1 Å². The Kier molecular flexibility index (Phi) is 21.1. The molecule has 0 aliphatic heterocycles. The van der Waals surface area contributed by atoms with E-state index in [1.807, 2.05) is 19.9 Å². The van der Waals surface area contributed by atoms with Gasteiger partial charge >= 0.3 is 0 Å². The van der Waals surface area contributed by atoms with Gasteiger partial charge in [0.15, 0.2) is 0 Å². The molecule has 0 aliphatic carbocycles. The highest BCUT2D eigenvalue weighted by molar-refractivity contribution is 5.91. The van der Waals surface area contributed by atoms with Crippen LogP contribution in [0.25, 0.3) is 0 Å². The summed E-state index contributed by atoms with van der Waals surface area (Å²) in [6.45, 7) is 3.34. The van der Waals surface area contributed by atoms with Crippen LogP contribution in [0.3, 0.4) is 0 Å². The minimum Gasteiger partial charge on any atom is -0.386 e. The first-order chi connectivity index (χ1) is 20.9. The third-order valence-electron chi connectivity index (χ3n) is 5.65. The van der Waals surface area contributed by atoms with Gasteiger partial charge in [-0.05, 0) is 39.5 Å². The first-order valence-corrected chi connectivity index (χ1v) is 14.1. The van der Waals surface area contributed by atoms with Gasteiger partial charge in [0.05, 0.1) is 39.3 Å². The fourth-order valence-corrected chi connectivity index (χ4v) is 3.43. The van der Waals surface area contributed by atoms with E-state index in [1.54, 1.807) is 0 Å². The molecule has 17 heteroatoms. The molecule has 0 heterocycles. The highest BCUT2D eigenvalue weighted by Gasteiger charge is 2.19. The Labute approximate surface area is 255 Å². The summed E-state index contributed by atoms with van der Waals surface area (Å²) in [6.07, 6.45) is 4.57. The third-order valence-corrected chi connectivity index (χ3v) is 5.65. The van der Waals surface area contributed by atoms with E-state index in [0.29, 0.717) is 32.0 Å². The minimum atomic E-state index is -0.940. The number of ketones is 1. The number of aldehydes is 1. The normalized spacial score (nSPS) is 11.9. The van der Waals surface area contributed by atoms with Gasteiger partial charge in [0.1, 0.15) is 18.1 Å². The van der Waals surface area contributed by atoms with Crippen molar-refractivity contribution in [2.45, 2.75) is 65.0 Å². The monoisotopic (exact) mass is 624 g/mol. The lowest BCUT2D eigenvalue weighted by atomic mass is 10.1. The molecule has 0 radical (unpaired) electrons. The summed E-state index contributed by atoms with van der Waals surface area (Å²) >= 11 is 0. The molecule has 2 atom stereocenters. The lowest BCUT2D eigenvalue weighted by molar-refractivity contribution is -0.129. The van der Waals surface area contributed by atoms with Crippen molar-refractivity contribution in [1.82, 2.24) is 42.5 Å². The summed E-state index contributed by atoms with van der Waals surface area (Å²) in [5.74, 6) is -3.49. The van der Waals surface area contributed by atoms with Crippen molar-refractivity contribution in [1.29, 1.82) is 0 Å². The second-order valence-corrected chi connectivity index (χ2v) is 9.59. The van der Waals surface area contributed by atoms with Crippen LogP contribution in [0, 0.1) is 0 Å². The van der Waals surface area contributed by atoms with E-state index >= 15 is 0 Å². The zero-order chi connectivity index (χ0) is 33.3. The molecule has 2 unspecified atom stereocenters. The van der Waals surface area contributed by atoms with Gasteiger partial charge in [-0.15, -0.1) is 0 Å². The topological polar surface area (TPSA) is 250 Å². The first kappa shape index (κ1) is 39.2. The van der Waals surface area contributed by atoms with Crippen LogP contribution in [0.1, 0.15) is 52.9 Å². The molecule has 0 spiro atoms. The predicted molar refractivity (Wildman–Crippen MR) is 157 cm³/mol. The lowest BCUT2D eigenvalue weighted by Crippen LogP contribution is -2.48. The molecule has 0 aromatic carbocycles. The van der Waals surface area contributed by atoms with Gasteiger partial charge in [-0.3, -0.25) is 38.4 Å². The average molecular weight is 625 g/mol. The second-order valence-electron chi connectivity index (χ2n) is 9.59. The molecule has 0 aromatic heterocycles. The molecule has 8 N–H and O–H groups in total. The van der Waals surface area contributed by atoms with Crippen LogP contribution < -0.4 is 42.5 Å². The summed E-state index contributed by atoms with van der Waals surface area (Å²) < 4.78 is 0. The quantitative estimate of drug-likeness (QED) is 0.0490. The Morgan fingerprint density at radius 2 is 1.18 bits per heavy atom. The highest BCUT2D eigenvalue weighted by Crippen LogP contribution is 2.10. The number of hydrogen-bond donors (Lipinski definition) is 8. The van der Waals surface area contributed by atoms with Crippen LogP contribution in [0.5, 0.6) is 0 Å². The number of hydrogen-bond acceptors (Lipinski definition) is 10. The van der Waals surface area contributed by atoms with E-state index in [-0.39, 0.29) is 63.3 Å². The Bertz CT molecular complexity index is 1050. The Morgan fingerprint density at radius 3 is 1.70 bits per heavy atom. The molecule has 0 aliphatic rings. The van der Waals surface area contributed by atoms with Crippen LogP contribution in [0.15, 0.2) is 11.8 Å². The summed E-state index contributed by atoms with van der Waals surface area (Å²) in [6, 6.07) is -1.10. The minimum absolute atomic E-state index is 0.110. The molecular weight excluding hydrogens is 580 g/mol. The average Bonchev–Trinajstić information content (AvgIpc) is 2.99. The summed E-state index contributed by atoms with van der Waals surface area (Å²) in [4.78, 5) is 104. The number of allylic oxidation sites excluding steroid dienone is 2. The van der Waals surface area contributed by atoms with Crippen molar-refractivity contribution in [3.63, 3.8) is 0 Å². The fraction of sp³-hybridized carbons (Fsp3) is 0.593. The van der Waals surface area contributed by atoms with Crippen molar-refractivity contribution in [3.05, 3.63) is 11.8 Å². The van der Waals surface area contributed by atoms with Crippen molar-refractivity contribution >= 4 is 53.9 Å². The zero-order valence-electron chi connectivity index (χ0n) is 25.3. The number of rotatable bonds is 24. The van der Waals surface area contributed by atoms with Crippen molar-refractivity contribution in [2.75, 3.05) is 39.3 Å². The standard InChI is InChI=1S/C27H44N8O9/c1-4-5-20(35-18(2)6-9-22(39)30-14-25(42)31-13-23(40)28-10-11-36)7-8-21(34-17-37)27(44)33-16-26(43)32-15-24(41)29-12-19(3)38/h5,11,17-18,21,35H,4,6-10,12-16H2,1-3H3,(H,28,40)(H,29,41)(H,30,39)(H,31,42)(H,32,43)(H,33,44)(H,34,37)/b20-5+. The largest absolute Gasteiger partial charge is 0.386 e. The molecule has 0 rings (SSSR count).